The minimum atomic E-state index is 0.703. The largest absolute Gasteiger partial charge is 0.494 e. The van der Waals surface area contributed by atoms with Gasteiger partial charge in [-0.1, -0.05) is 31.2 Å². The fourth-order valence-corrected chi connectivity index (χ4v) is 3.69. The summed E-state index contributed by atoms with van der Waals surface area (Å²) in [6.45, 7) is 8.22. The van der Waals surface area contributed by atoms with Gasteiger partial charge in [-0.3, -0.25) is 4.90 Å². The SMILES string of the molecule is CCc1ccc(OCCCn2c(CN3CCOCC3)nc3ccccc32)cc1. The molecular formula is C23H29N3O2. The summed E-state index contributed by atoms with van der Waals surface area (Å²) in [5, 5.41) is 0. The molecule has 0 saturated carbocycles. The van der Waals surface area contributed by atoms with Gasteiger partial charge in [-0.05, 0) is 42.7 Å². The molecule has 148 valence electrons. The van der Waals surface area contributed by atoms with Crippen molar-refractivity contribution in [2.24, 2.45) is 0 Å². The molecule has 28 heavy (non-hydrogen) atoms. The number of fused-ring (bicyclic) bond motifs is 1. The Morgan fingerprint density at radius 1 is 1.04 bits per heavy atom. The topological polar surface area (TPSA) is 39.5 Å². The van der Waals surface area contributed by atoms with Crippen LogP contribution in [0.3, 0.4) is 0 Å². The first-order chi connectivity index (χ1) is 13.8. The molecule has 4 rings (SSSR count). The second-order valence-corrected chi connectivity index (χ2v) is 7.26. The molecule has 5 nitrogen and oxygen atoms in total. The second-order valence-electron chi connectivity index (χ2n) is 7.26. The maximum absolute atomic E-state index is 5.95. The van der Waals surface area contributed by atoms with E-state index in [0.717, 1.165) is 69.3 Å². The molecule has 0 radical (unpaired) electrons. The predicted molar refractivity (Wildman–Crippen MR) is 112 cm³/mol. The molecule has 0 amide bonds. The zero-order valence-electron chi connectivity index (χ0n) is 16.6. The number of morpholine rings is 1. The van der Waals surface area contributed by atoms with Crippen molar-refractivity contribution in [1.82, 2.24) is 14.5 Å². The Labute approximate surface area is 166 Å². The Kier molecular flexibility index (Phi) is 6.24. The molecule has 2 heterocycles. The highest BCUT2D eigenvalue weighted by Gasteiger charge is 2.16. The molecular weight excluding hydrogens is 350 g/mol. The quantitative estimate of drug-likeness (QED) is 0.557. The van der Waals surface area contributed by atoms with Crippen LogP contribution in [0.2, 0.25) is 0 Å². The third-order valence-corrected chi connectivity index (χ3v) is 5.33. The lowest BCUT2D eigenvalue weighted by Crippen LogP contribution is -2.36. The van der Waals surface area contributed by atoms with Crippen molar-refractivity contribution in [2.75, 3.05) is 32.9 Å². The van der Waals surface area contributed by atoms with Gasteiger partial charge in [0, 0.05) is 19.6 Å². The van der Waals surface area contributed by atoms with Crippen LogP contribution in [0.4, 0.5) is 0 Å². The van der Waals surface area contributed by atoms with Gasteiger partial charge in [-0.15, -0.1) is 0 Å². The zero-order valence-corrected chi connectivity index (χ0v) is 16.6. The van der Waals surface area contributed by atoms with E-state index in [1.807, 2.05) is 0 Å². The summed E-state index contributed by atoms with van der Waals surface area (Å²) in [4.78, 5) is 7.33. The number of aryl methyl sites for hydroxylation is 2. The first kappa shape index (κ1) is 19.0. The van der Waals surface area contributed by atoms with Gasteiger partial charge in [-0.2, -0.15) is 0 Å². The van der Waals surface area contributed by atoms with Crippen LogP contribution in [0.1, 0.15) is 24.7 Å². The normalized spacial score (nSPS) is 15.2. The zero-order chi connectivity index (χ0) is 19.2. The van der Waals surface area contributed by atoms with Crippen molar-refractivity contribution in [3.8, 4) is 5.75 Å². The van der Waals surface area contributed by atoms with E-state index < -0.39 is 0 Å². The van der Waals surface area contributed by atoms with Gasteiger partial charge in [0.2, 0.25) is 0 Å². The minimum absolute atomic E-state index is 0.703. The van der Waals surface area contributed by atoms with E-state index in [1.165, 1.54) is 11.1 Å². The highest BCUT2D eigenvalue weighted by Crippen LogP contribution is 2.19. The summed E-state index contributed by atoms with van der Waals surface area (Å²) in [5.41, 5.74) is 3.62. The maximum Gasteiger partial charge on any atom is 0.124 e. The van der Waals surface area contributed by atoms with Crippen molar-refractivity contribution in [1.29, 1.82) is 0 Å². The Balaban J connectivity index is 1.40. The molecule has 1 saturated heterocycles. The van der Waals surface area contributed by atoms with Crippen molar-refractivity contribution in [2.45, 2.75) is 32.9 Å². The number of nitrogens with zero attached hydrogens (tertiary/aromatic N) is 3. The van der Waals surface area contributed by atoms with Crippen LogP contribution >= 0.6 is 0 Å². The summed E-state index contributed by atoms with van der Waals surface area (Å²) in [7, 11) is 0. The molecule has 0 spiro atoms. The molecule has 1 aromatic heterocycles. The van der Waals surface area contributed by atoms with Gasteiger partial charge < -0.3 is 14.0 Å². The summed E-state index contributed by atoms with van der Waals surface area (Å²) in [6.07, 6.45) is 2.01. The molecule has 2 aromatic carbocycles. The van der Waals surface area contributed by atoms with Crippen molar-refractivity contribution >= 4 is 11.0 Å². The monoisotopic (exact) mass is 379 g/mol. The number of rotatable bonds is 8. The number of aromatic nitrogens is 2. The molecule has 1 fully saturated rings. The van der Waals surface area contributed by atoms with Crippen LogP contribution in [-0.4, -0.2) is 47.4 Å². The molecule has 5 heteroatoms. The molecule has 0 atom stereocenters. The van der Waals surface area contributed by atoms with Crippen LogP contribution in [0.5, 0.6) is 5.75 Å². The Hall–Kier alpha value is -2.37. The summed E-state index contributed by atoms with van der Waals surface area (Å²) >= 11 is 0. The first-order valence-electron chi connectivity index (χ1n) is 10.3. The summed E-state index contributed by atoms with van der Waals surface area (Å²) in [5.74, 6) is 2.08. The van der Waals surface area contributed by atoms with Gasteiger partial charge in [0.15, 0.2) is 0 Å². The molecule has 1 aliphatic heterocycles. The molecule has 0 unspecified atom stereocenters. The highest BCUT2D eigenvalue weighted by atomic mass is 16.5. The van der Waals surface area contributed by atoms with E-state index in [2.05, 4.69) is 64.9 Å². The number of hydrogen-bond acceptors (Lipinski definition) is 4. The van der Waals surface area contributed by atoms with Crippen LogP contribution in [0.15, 0.2) is 48.5 Å². The highest BCUT2D eigenvalue weighted by molar-refractivity contribution is 5.75. The number of para-hydroxylation sites is 2. The fourth-order valence-electron chi connectivity index (χ4n) is 3.69. The van der Waals surface area contributed by atoms with Crippen LogP contribution in [0.25, 0.3) is 11.0 Å². The lowest BCUT2D eigenvalue weighted by Gasteiger charge is -2.26. The number of hydrogen-bond donors (Lipinski definition) is 0. The minimum Gasteiger partial charge on any atom is -0.494 e. The summed E-state index contributed by atoms with van der Waals surface area (Å²) in [6, 6.07) is 16.8. The average molecular weight is 380 g/mol. The fraction of sp³-hybridized carbons (Fsp3) is 0.435. The van der Waals surface area contributed by atoms with Gasteiger partial charge in [0.05, 0.1) is 37.4 Å². The molecule has 0 aliphatic carbocycles. The van der Waals surface area contributed by atoms with E-state index in [4.69, 9.17) is 14.5 Å². The lowest BCUT2D eigenvalue weighted by molar-refractivity contribution is 0.0326. The van der Waals surface area contributed by atoms with Gasteiger partial charge in [-0.25, -0.2) is 4.98 Å². The van der Waals surface area contributed by atoms with Gasteiger partial charge in [0.25, 0.3) is 0 Å². The van der Waals surface area contributed by atoms with Crippen molar-refractivity contribution in [3.05, 3.63) is 59.9 Å². The van der Waals surface area contributed by atoms with Gasteiger partial charge >= 0.3 is 0 Å². The maximum atomic E-state index is 5.95. The van der Waals surface area contributed by atoms with E-state index in [0.29, 0.717) is 6.61 Å². The predicted octanol–water partition coefficient (Wildman–Crippen LogP) is 3.90. The van der Waals surface area contributed by atoms with Crippen LogP contribution in [-0.2, 0) is 24.2 Å². The van der Waals surface area contributed by atoms with Gasteiger partial charge in [0.1, 0.15) is 11.6 Å². The lowest BCUT2D eigenvalue weighted by atomic mass is 10.2. The molecule has 0 N–H and O–H groups in total. The van der Waals surface area contributed by atoms with E-state index in [1.54, 1.807) is 0 Å². The number of imidazole rings is 1. The third kappa shape index (κ3) is 4.54. The summed E-state index contributed by atoms with van der Waals surface area (Å²) < 4.78 is 13.8. The average Bonchev–Trinajstić information content (AvgIpc) is 3.09. The van der Waals surface area contributed by atoms with E-state index >= 15 is 0 Å². The number of ether oxygens (including phenoxy) is 2. The second kappa shape index (κ2) is 9.22. The van der Waals surface area contributed by atoms with Crippen LogP contribution in [0, 0.1) is 0 Å². The number of benzene rings is 2. The molecule has 3 aromatic rings. The Morgan fingerprint density at radius 2 is 1.82 bits per heavy atom. The van der Waals surface area contributed by atoms with E-state index in [-0.39, 0.29) is 0 Å². The molecule has 1 aliphatic rings. The van der Waals surface area contributed by atoms with Crippen molar-refractivity contribution < 1.29 is 9.47 Å². The first-order valence-corrected chi connectivity index (χ1v) is 10.3. The smallest absolute Gasteiger partial charge is 0.124 e. The molecule has 0 bridgehead atoms. The van der Waals surface area contributed by atoms with Crippen molar-refractivity contribution in [3.63, 3.8) is 0 Å². The Bertz CT molecular complexity index is 883. The third-order valence-electron chi connectivity index (χ3n) is 5.33. The standard InChI is InChI=1S/C23H29N3O2/c1-2-19-8-10-20(11-9-19)28-15-5-12-26-22-7-4-3-6-21(22)24-23(26)18-25-13-16-27-17-14-25/h3-4,6-11H,2,5,12-18H2,1H3. The van der Waals surface area contributed by atoms with E-state index in [9.17, 15) is 0 Å². The Morgan fingerprint density at radius 3 is 2.61 bits per heavy atom. The van der Waals surface area contributed by atoms with Crippen LogP contribution < -0.4 is 4.74 Å².